The monoisotopic (exact) mass is 443 g/mol. The predicted molar refractivity (Wildman–Crippen MR) is 133 cm³/mol. The van der Waals surface area contributed by atoms with Gasteiger partial charge in [0, 0.05) is 49.3 Å². The molecule has 0 fully saturated rings. The summed E-state index contributed by atoms with van der Waals surface area (Å²) >= 11 is 0. The van der Waals surface area contributed by atoms with Gasteiger partial charge in [-0.15, -0.1) is 0 Å². The van der Waals surface area contributed by atoms with Crippen molar-refractivity contribution in [2.45, 2.75) is 39.3 Å². The van der Waals surface area contributed by atoms with Crippen molar-refractivity contribution in [1.29, 1.82) is 0 Å². The topological polar surface area (TPSA) is 48.6 Å². The zero-order valence-corrected chi connectivity index (χ0v) is 19.8. The van der Waals surface area contributed by atoms with E-state index in [1.54, 1.807) is 7.11 Å². The number of aromatic amines is 1. The van der Waals surface area contributed by atoms with Crippen molar-refractivity contribution in [1.82, 2.24) is 14.8 Å². The minimum Gasteiger partial charge on any atom is -0.497 e. The van der Waals surface area contributed by atoms with Crippen LogP contribution in [0.4, 0.5) is 0 Å². The van der Waals surface area contributed by atoms with Crippen LogP contribution in [0.5, 0.6) is 5.75 Å². The molecule has 0 saturated carbocycles. The Morgan fingerprint density at radius 2 is 2.06 bits per heavy atom. The van der Waals surface area contributed by atoms with E-state index in [4.69, 9.17) is 4.74 Å². The Hall–Kier alpha value is -3.05. The summed E-state index contributed by atoms with van der Waals surface area (Å²) in [5.74, 6) is 0.978. The number of aromatic nitrogens is 1. The Labute approximate surface area is 196 Å². The molecule has 0 radical (unpaired) electrons. The first-order valence-electron chi connectivity index (χ1n) is 12.1. The third kappa shape index (κ3) is 3.95. The largest absolute Gasteiger partial charge is 0.497 e. The van der Waals surface area contributed by atoms with Gasteiger partial charge in [-0.3, -0.25) is 9.69 Å². The van der Waals surface area contributed by atoms with Crippen LogP contribution >= 0.6 is 0 Å². The molecule has 33 heavy (non-hydrogen) atoms. The van der Waals surface area contributed by atoms with Crippen LogP contribution in [0.2, 0.25) is 0 Å². The van der Waals surface area contributed by atoms with E-state index in [-0.39, 0.29) is 17.9 Å². The van der Waals surface area contributed by atoms with Crippen molar-refractivity contribution >= 4 is 22.4 Å². The van der Waals surface area contributed by atoms with Gasteiger partial charge in [-0.2, -0.15) is 0 Å². The summed E-state index contributed by atoms with van der Waals surface area (Å²) in [5, 5.41) is 1.32. The summed E-state index contributed by atoms with van der Waals surface area (Å²) in [7, 11) is 1.71. The maximum atomic E-state index is 13.6. The highest BCUT2D eigenvalue weighted by atomic mass is 16.5. The number of carbonyl (C=O) groups excluding carboxylic acids is 1. The second-order valence-corrected chi connectivity index (χ2v) is 9.19. The number of amides is 1. The summed E-state index contributed by atoms with van der Waals surface area (Å²) in [6.07, 6.45) is 6.37. The van der Waals surface area contributed by atoms with Gasteiger partial charge in [0.1, 0.15) is 5.75 Å². The lowest BCUT2D eigenvalue weighted by Gasteiger charge is -2.42. The Kier molecular flexibility index (Phi) is 5.98. The molecule has 0 bridgehead atoms. The second kappa shape index (κ2) is 9.06. The number of H-pyrrole nitrogens is 1. The van der Waals surface area contributed by atoms with Crippen LogP contribution in [-0.2, 0) is 17.8 Å². The van der Waals surface area contributed by atoms with Gasteiger partial charge in [-0.25, -0.2) is 0 Å². The number of fused-ring (bicyclic) bond motifs is 2. The van der Waals surface area contributed by atoms with Crippen LogP contribution in [-0.4, -0.2) is 53.5 Å². The molecule has 2 aliphatic rings. The molecule has 1 aliphatic carbocycles. The van der Waals surface area contributed by atoms with E-state index in [1.807, 2.05) is 17.0 Å². The molecular weight excluding hydrogens is 410 g/mol. The van der Waals surface area contributed by atoms with Gasteiger partial charge in [0.25, 0.3) is 0 Å². The van der Waals surface area contributed by atoms with Crippen molar-refractivity contribution in [3.05, 3.63) is 71.4 Å². The van der Waals surface area contributed by atoms with Crippen molar-refractivity contribution in [3.63, 3.8) is 0 Å². The molecule has 0 spiro atoms. The number of ether oxygens (including phenoxy) is 1. The average molecular weight is 444 g/mol. The highest BCUT2D eigenvalue weighted by Gasteiger charge is 2.38. The fourth-order valence-corrected chi connectivity index (χ4v) is 5.59. The predicted octanol–water partition coefficient (Wildman–Crippen LogP) is 4.88. The standard InChI is InChI=1S/C28H33N3O2/c1-4-12-30(5-2)28(32)21-14-24-23-10-7-11-25-27(23)20(16-29-25)15-26(24)31(18-21)17-19-8-6-9-22(13-19)33-3/h6-11,13-14,16,21,26,29H,4-5,12,15,17-18H2,1-3H3/t21-,26?/m1/s1. The van der Waals surface area contributed by atoms with Crippen LogP contribution in [0.3, 0.4) is 0 Å². The minimum absolute atomic E-state index is 0.135. The van der Waals surface area contributed by atoms with E-state index in [0.717, 1.165) is 44.8 Å². The summed E-state index contributed by atoms with van der Waals surface area (Å²) < 4.78 is 5.46. The SMILES string of the molecule is CCCN(CC)C(=O)[C@@H]1C=C2c3cccc4[nH]cc(c34)CC2N(Cc2cccc(OC)c2)C1. The van der Waals surface area contributed by atoms with E-state index < -0.39 is 0 Å². The fourth-order valence-electron chi connectivity index (χ4n) is 5.59. The second-order valence-electron chi connectivity index (χ2n) is 9.19. The first-order chi connectivity index (χ1) is 16.1. The number of methoxy groups -OCH3 is 1. The summed E-state index contributed by atoms with van der Waals surface area (Å²) in [6.45, 7) is 7.30. The molecule has 1 amide bonds. The highest BCUT2D eigenvalue weighted by molar-refractivity contribution is 5.99. The number of carbonyl (C=O) groups is 1. The average Bonchev–Trinajstić information content (AvgIpc) is 3.27. The lowest BCUT2D eigenvalue weighted by Crippen LogP contribution is -2.49. The van der Waals surface area contributed by atoms with Gasteiger partial charge >= 0.3 is 0 Å². The summed E-state index contributed by atoms with van der Waals surface area (Å²) in [5.41, 5.74) is 6.32. The van der Waals surface area contributed by atoms with Gasteiger partial charge in [-0.05, 0) is 60.2 Å². The van der Waals surface area contributed by atoms with E-state index in [0.29, 0.717) is 0 Å². The van der Waals surface area contributed by atoms with E-state index in [2.05, 4.69) is 66.3 Å². The van der Waals surface area contributed by atoms with Gasteiger partial charge in [-0.1, -0.05) is 37.3 Å². The minimum atomic E-state index is -0.135. The molecule has 172 valence electrons. The Balaban J connectivity index is 1.55. The van der Waals surface area contributed by atoms with Crippen LogP contribution in [0.1, 0.15) is 37.0 Å². The quantitative estimate of drug-likeness (QED) is 0.566. The maximum Gasteiger partial charge on any atom is 0.230 e. The molecule has 5 nitrogen and oxygen atoms in total. The fraction of sp³-hybridized carbons (Fsp3) is 0.393. The van der Waals surface area contributed by atoms with Crippen molar-refractivity contribution in [2.24, 2.45) is 5.92 Å². The molecule has 0 saturated heterocycles. The summed E-state index contributed by atoms with van der Waals surface area (Å²) in [4.78, 5) is 21.5. The molecule has 5 rings (SSSR count). The normalized spacial score (nSPS) is 19.8. The number of nitrogens with zero attached hydrogens (tertiary/aromatic N) is 2. The Morgan fingerprint density at radius 1 is 1.21 bits per heavy atom. The van der Waals surface area contributed by atoms with Gasteiger partial charge < -0.3 is 14.6 Å². The molecule has 1 N–H and O–H groups in total. The third-order valence-corrected chi connectivity index (χ3v) is 7.15. The smallest absolute Gasteiger partial charge is 0.230 e. The lowest BCUT2D eigenvalue weighted by atomic mass is 9.79. The Morgan fingerprint density at radius 3 is 2.85 bits per heavy atom. The number of hydrogen-bond acceptors (Lipinski definition) is 3. The zero-order valence-electron chi connectivity index (χ0n) is 19.8. The van der Waals surface area contributed by atoms with Gasteiger partial charge in [0.15, 0.2) is 0 Å². The highest BCUT2D eigenvalue weighted by Crippen LogP contribution is 2.42. The van der Waals surface area contributed by atoms with Gasteiger partial charge in [0.05, 0.1) is 13.0 Å². The van der Waals surface area contributed by atoms with Crippen molar-refractivity contribution in [3.8, 4) is 5.75 Å². The maximum absolute atomic E-state index is 13.6. The van der Waals surface area contributed by atoms with E-state index in [9.17, 15) is 4.79 Å². The van der Waals surface area contributed by atoms with Crippen molar-refractivity contribution in [2.75, 3.05) is 26.7 Å². The van der Waals surface area contributed by atoms with E-state index >= 15 is 0 Å². The van der Waals surface area contributed by atoms with Crippen molar-refractivity contribution < 1.29 is 9.53 Å². The first-order valence-corrected chi connectivity index (χ1v) is 12.1. The Bertz CT molecular complexity index is 1190. The molecule has 3 aromatic rings. The molecule has 2 heterocycles. The molecular formula is C28H33N3O2. The van der Waals surface area contributed by atoms with Crippen LogP contribution in [0.15, 0.2) is 54.7 Å². The van der Waals surface area contributed by atoms with Crippen LogP contribution < -0.4 is 4.74 Å². The molecule has 1 aliphatic heterocycles. The number of benzene rings is 2. The number of rotatable bonds is 7. The van der Waals surface area contributed by atoms with Crippen LogP contribution in [0, 0.1) is 5.92 Å². The van der Waals surface area contributed by atoms with E-state index in [1.165, 1.54) is 33.2 Å². The molecule has 1 unspecified atom stereocenters. The third-order valence-electron chi connectivity index (χ3n) is 7.15. The van der Waals surface area contributed by atoms with Crippen LogP contribution in [0.25, 0.3) is 16.5 Å². The molecule has 2 atom stereocenters. The lowest BCUT2D eigenvalue weighted by molar-refractivity contribution is -0.134. The number of nitrogens with one attached hydrogen (secondary N) is 1. The molecule has 1 aromatic heterocycles. The molecule has 5 heteroatoms. The first kappa shape index (κ1) is 21.8. The summed E-state index contributed by atoms with van der Waals surface area (Å²) in [6, 6.07) is 15.0. The zero-order chi connectivity index (χ0) is 22.9. The molecule has 2 aromatic carbocycles. The number of hydrogen-bond donors (Lipinski definition) is 1. The van der Waals surface area contributed by atoms with Gasteiger partial charge in [0.2, 0.25) is 5.91 Å².